The molecule has 1 nitrogen and oxygen atoms in total. The Morgan fingerprint density at radius 1 is 1.05 bits per heavy atom. The molecule has 0 bridgehead atoms. The van der Waals surface area contributed by atoms with Gasteiger partial charge in [0.15, 0.2) is 0 Å². The van der Waals surface area contributed by atoms with E-state index in [-0.39, 0.29) is 0 Å². The molecule has 3 rings (SSSR count). The third-order valence-electron chi connectivity index (χ3n) is 4.62. The Hall–Kier alpha value is -0.340. The standard InChI is InChI=1S/C17H23BrO/c18-17(9-13-5-3-1-2-4-6-13)14-7-8-15-11-19-12-16(15)10-14/h7-8,10,13,17H,1-6,9,11-12H2. The molecule has 1 aliphatic carbocycles. The lowest BCUT2D eigenvalue weighted by atomic mass is 9.92. The van der Waals surface area contributed by atoms with E-state index < -0.39 is 0 Å². The molecule has 1 aromatic rings. The molecular formula is C17H23BrO. The molecule has 1 unspecified atom stereocenters. The summed E-state index contributed by atoms with van der Waals surface area (Å²) in [6.45, 7) is 1.59. The number of fused-ring (bicyclic) bond motifs is 1. The summed E-state index contributed by atoms with van der Waals surface area (Å²) in [6.07, 6.45) is 9.90. The van der Waals surface area contributed by atoms with Crippen LogP contribution < -0.4 is 0 Å². The minimum atomic E-state index is 0.515. The molecule has 0 amide bonds. The molecule has 1 atom stereocenters. The van der Waals surface area contributed by atoms with Crippen LogP contribution in [0.25, 0.3) is 0 Å². The van der Waals surface area contributed by atoms with Crippen molar-refractivity contribution in [3.8, 4) is 0 Å². The lowest BCUT2D eigenvalue weighted by molar-refractivity contribution is 0.134. The molecule has 0 radical (unpaired) electrons. The molecule has 0 saturated heterocycles. The molecule has 0 aromatic heterocycles. The highest BCUT2D eigenvalue weighted by atomic mass is 79.9. The number of ether oxygens (including phenoxy) is 1. The van der Waals surface area contributed by atoms with Crippen molar-refractivity contribution in [1.82, 2.24) is 0 Å². The molecule has 19 heavy (non-hydrogen) atoms. The average molecular weight is 323 g/mol. The predicted octanol–water partition coefficient (Wildman–Crippen LogP) is 5.51. The molecule has 1 aliphatic heterocycles. The summed E-state index contributed by atoms with van der Waals surface area (Å²) in [4.78, 5) is 0.515. The first-order valence-corrected chi connectivity index (χ1v) is 8.58. The smallest absolute Gasteiger partial charge is 0.0725 e. The molecular weight excluding hydrogens is 300 g/mol. The molecule has 1 fully saturated rings. The number of halogens is 1. The van der Waals surface area contributed by atoms with Crippen LogP contribution in [0.1, 0.15) is 66.5 Å². The summed E-state index contributed by atoms with van der Waals surface area (Å²) in [7, 11) is 0. The summed E-state index contributed by atoms with van der Waals surface area (Å²) < 4.78 is 5.50. The van der Waals surface area contributed by atoms with E-state index in [0.29, 0.717) is 4.83 Å². The van der Waals surface area contributed by atoms with Gasteiger partial charge in [-0.2, -0.15) is 0 Å². The maximum Gasteiger partial charge on any atom is 0.0725 e. The fraction of sp³-hybridized carbons (Fsp3) is 0.647. The van der Waals surface area contributed by atoms with E-state index in [0.717, 1.165) is 19.1 Å². The Morgan fingerprint density at radius 2 is 1.79 bits per heavy atom. The molecule has 1 heterocycles. The molecule has 0 spiro atoms. The van der Waals surface area contributed by atoms with Crippen molar-refractivity contribution in [3.05, 3.63) is 34.9 Å². The quantitative estimate of drug-likeness (QED) is 0.526. The molecule has 1 aromatic carbocycles. The lowest BCUT2D eigenvalue weighted by Gasteiger charge is -2.19. The van der Waals surface area contributed by atoms with Gasteiger partial charge in [0.05, 0.1) is 13.2 Å². The zero-order chi connectivity index (χ0) is 13.1. The Morgan fingerprint density at radius 3 is 2.58 bits per heavy atom. The van der Waals surface area contributed by atoms with Crippen LogP contribution >= 0.6 is 15.9 Å². The van der Waals surface area contributed by atoms with Crippen molar-refractivity contribution in [2.24, 2.45) is 5.92 Å². The number of hydrogen-bond donors (Lipinski definition) is 0. The lowest BCUT2D eigenvalue weighted by Crippen LogP contribution is -2.03. The molecule has 1 saturated carbocycles. The number of rotatable bonds is 3. The van der Waals surface area contributed by atoms with E-state index in [1.807, 2.05) is 0 Å². The second kappa shape index (κ2) is 6.41. The van der Waals surface area contributed by atoms with Gasteiger partial charge in [-0.15, -0.1) is 0 Å². The largest absolute Gasteiger partial charge is 0.372 e. The van der Waals surface area contributed by atoms with E-state index in [9.17, 15) is 0 Å². The monoisotopic (exact) mass is 322 g/mol. The third-order valence-corrected chi connectivity index (χ3v) is 5.52. The van der Waals surface area contributed by atoms with Crippen molar-refractivity contribution in [3.63, 3.8) is 0 Å². The van der Waals surface area contributed by atoms with Crippen LogP contribution in [0, 0.1) is 5.92 Å². The van der Waals surface area contributed by atoms with Gasteiger partial charge in [-0.25, -0.2) is 0 Å². The summed E-state index contributed by atoms with van der Waals surface area (Å²) in [5, 5.41) is 0. The molecule has 2 aliphatic rings. The van der Waals surface area contributed by atoms with Crippen LogP contribution in [0.2, 0.25) is 0 Å². The van der Waals surface area contributed by atoms with Crippen LogP contribution in [0.4, 0.5) is 0 Å². The van der Waals surface area contributed by atoms with Gasteiger partial charge in [0.1, 0.15) is 0 Å². The topological polar surface area (TPSA) is 9.23 Å². The number of alkyl halides is 1. The van der Waals surface area contributed by atoms with Gasteiger partial charge >= 0.3 is 0 Å². The van der Waals surface area contributed by atoms with Crippen molar-refractivity contribution in [2.45, 2.75) is 63.0 Å². The first-order valence-electron chi connectivity index (χ1n) is 7.66. The van der Waals surface area contributed by atoms with Gasteiger partial charge in [0.2, 0.25) is 0 Å². The van der Waals surface area contributed by atoms with Crippen LogP contribution in [-0.2, 0) is 18.0 Å². The van der Waals surface area contributed by atoms with Gasteiger partial charge < -0.3 is 4.74 Å². The molecule has 2 heteroatoms. The summed E-state index contributed by atoms with van der Waals surface area (Å²) in [5.41, 5.74) is 4.20. The van der Waals surface area contributed by atoms with Crippen LogP contribution in [0.15, 0.2) is 18.2 Å². The predicted molar refractivity (Wildman–Crippen MR) is 82.4 cm³/mol. The first-order chi connectivity index (χ1) is 9.33. The Balaban J connectivity index is 1.64. The fourth-order valence-electron chi connectivity index (χ4n) is 3.42. The fourth-order valence-corrected chi connectivity index (χ4v) is 4.23. The van der Waals surface area contributed by atoms with E-state index in [1.54, 1.807) is 0 Å². The molecule has 0 N–H and O–H groups in total. The highest BCUT2D eigenvalue weighted by Crippen LogP contribution is 2.37. The summed E-state index contributed by atoms with van der Waals surface area (Å²) >= 11 is 3.91. The summed E-state index contributed by atoms with van der Waals surface area (Å²) in [5.74, 6) is 0.913. The Kier molecular flexibility index (Phi) is 4.60. The highest BCUT2D eigenvalue weighted by molar-refractivity contribution is 9.09. The van der Waals surface area contributed by atoms with E-state index in [2.05, 4.69) is 34.1 Å². The van der Waals surface area contributed by atoms with Gasteiger partial charge in [0.25, 0.3) is 0 Å². The summed E-state index contributed by atoms with van der Waals surface area (Å²) in [6, 6.07) is 6.88. The number of benzene rings is 1. The zero-order valence-electron chi connectivity index (χ0n) is 11.5. The maximum atomic E-state index is 5.50. The van der Waals surface area contributed by atoms with Crippen LogP contribution in [-0.4, -0.2) is 0 Å². The van der Waals surface area contributed by atoms with Gasteiger partial charge in [-0.05, 0) is 29.0 Å². The Bertz CT molecular complexity index is 421. The Labute approximate surface area is 124 Å². The maximum absolute atomic E-state index is 5.50. The van der Waals surface area contributed by atoms with Crippen molar-refractivity contribution in [2.75, 3.05) is 0 Å². The average Bonchev–Trinajstić information content (AvgIpc) is 2.75. The van der Waals surface area contributed by atoms with Crippen molar-refractivity contribution < 1.29 is 4.74 Å². The zero-order valence-corrected chi connectivity index (χ0v) is 13.1. The highest BCUT2D eigenvalue weighted by Gasteiger charge is 2.19. The minimum absolute atomic E-state index is 0.515. The van der Waals surface area contributed by atoms with Crippen LogP contribution in [0.3, 0.4) is 0 Å². The second-order valence-electron chi connectivity index (χ2n) is 6.08. The van der Waals surface area contributed by atoms with Gasteiger partial charge in [-0.1, -0.05) is 72.7 Å². The van der Waals surface area contributed by atoms with Gasteiger partial charge in [0, 0.05) is 4.83 Å². The third kappa shape index (κ3) is 3.41. The number of hydrogen-bond acceptors (Lipinski definition) is 1. The van der Waals surface area contributed by atoms with E-state index >= 15 is 0 Å². The minimum Gasteiger partial charge on any atom is -0.372 e. The second-order valence-corrected chi connectivity index (χ2v) is 7.19. The first kappa shape index (κ1) is 13.6. The van der Waals surface area contributed by atoms with Crippen molar-refractivity contribution in [1.29, 1.82) is 0 Å². The van der Waals surface area contributed by atoms with E-state index in [1.165, 1.54) is 61.6 Å². The SMILES string of the molecule is BrC(CC1CCCCCC1)c1ccc2c(c1)COC2. The molecule has 104 valence electrons. The van der Waals surface area contributed by atoms with Crippen LogP contribution in [0.5, 0.6) is 0 Å². The normalized spacial score (nSPS) is 21.9. The van der Waals surface area contributed by atoms with Crippen molar-refractivity contribution >= 4 is 15.9 Å². The van der Waals surface area contributed by atoms with Gasteiger partial charge in [-0.3, -0.25) is 0 Å². The van der Waals surface area contributed by atoms with E-state index in [4.69, 9.17) is 4.74 Å².